The molecule has 0 amide bonds. The van der Waals surface area contributed by atoms with E-state index in [2.05, 4.69) is 0 Å². The Morgan fingerprint density at radius 3 is 0.306 bits per heavy atom. The van der Waals surface area contributed by atoms with Gasteiger partial charge in [-0.1, -0.05) is 48.5 Å². The van der Waals surface area contributed by atoms with Crippen molar-refractivity contribution in [2.24, 2.45) is 0 Å². The van der Waals surface area contributed by atoms with Crippen LogP contribution in [0.2, 0.25) is 0 Å². The van der Waals surface area contributed by atoms with Crippen LogP contribution >= 0.6 is 0 Å². The van der Waals surface area contributed by atoms with E-state index in [9.17, 15) is 33.6 Å². The van der Waals surface area contributed by atoms with Crippen LogP contribution in [0, 0.1) is 0 Å². The van der Waals surface area contributed by atoms with Crippen LogP contribution in [0.15, 0.2) is 0 Å². The summed E-state index contributed by atoms with van der Waals surface area (Å²) >= 11 is 0. The van der Waals surface area contributed by atoms with Gasteiger partial charge in [-0.05, 0) is 44.9 Å². The van der Waals surface area contributed by atoms with E-state index in [1.807, 2.05) is 48.5 Å². The van der Waals surface area contributed by atoms with Crippen molar-refractivity contribution in [3.63, 3.8) is 0 Å². The molecule has 0 aliphatic heterocycles. The van der Waals surface area contributed by atoms with Crippen LogP contribution < -0.4 is 0 Å². The molecule has 49 heavy (non-hydrogen) atoms. The van der Waals surface area contributed by atoms with Crippen LogP contribution in [-0.4, -0.2) is 77.5 Å². The lowest BCUT2D eigenvalue weighted by Gasteiger charge is -1.79. The molecule has 0 spiro atoms. The maximum Gasteiger partial charge on any atom is 0.303 e. The Hall–Kier alpha value is -4.20. The van der Waals surface area contributed by atoms with Crippen molar-refractivity contribution in [2.45, 2.75) is 138 Å². The lowest BCUT2D eigenvalue weighted by Crippen LogP contribution is -1.90. The third-order valence-electron chi connectivity index (χ3n) is 3.25. The number of hydrogen-bond acceptors (Lipinski definition) is 7. The molecule has 0 aromatic heterocycles. The summed E-state index contributed by atoms with van der Waals surface area (Å²) < 4.78 is 0. The first kappa shape index (κ1) is 90.6. The third kappa shape index (κ3) is 271. The summed E-state index contributed by atoms with van der Waals surface area (Å²) in [6.45, 7) is 12.9. The fourth-order valence-corrected chi connectivity index (χ4v) is 1.50. The lowest BCUT2D eigenvalue weighted by atomic mass is 10.4. The Kier molecular flexibility index (Phi) is 156. The molecule has 7 N–H and O–H groups in total. The molecule has 0 atom stereocenters. The summed E-state index contributed by atoms with van der Waals surface area (Å²) in [5, 5.41) is 55.4. The lowest BCUT2D eigenvalue weighted by molar-refractivity contribution is -0.138. The zero-order valence-corrected chi connectivity index (χ0v) is 29.2. The van der Waals surface area contributed by atoms with Crippen LogP contribution in [0.3, 0.4) is 0 Å². The first-order valence-electron chi connectivity index (χ1n) is 13.9. The zero-order valence-electron chi connectivity index (χ0n) is 29.2. The van der Waals surface area contributed by atoms with Crippen LogP contribution in [0.5, 0.6) is 0 Å². The van der Waals surface area contributed by atoms with Gasteiger partial charge < -0.3 is 35.7 Å². The van der Waals surface area contributed by atoms with Gasteiger partial charge in [0.1, 0.15) is 0 Å². The largest absolute Gasteiger partial charge is 0.481 e. The fourth-order valence-electron chi connectivity index (χ4n) is 1.50. The topological polar surface area (TPSA) is 261 Å². The maximum absolute atomic E-state index is 9.60. The second-order valence-electron chi connectivity index (χ2n) is 8.01. The average molecular weight is 757 g/mol. The van der Waals surface area contributed by atoms with E-state index in [-0.39, 0.29) is 32.9 Å². The van der Waals surface area contributed by atoms with Crippen LogP contribution in [0.4, 0.5) is 32.9 Å². The first-order valence-corrected chi connectivity index (χ1v) is 13.9. The van der Waals surface area contributed by atoms with E-state index < -0.39 is 41.8 Å². The summed E-state index contributed by atoms with van der Waals surface area (Å²) in [7, 11) is 0. The number of hydrogen-bond donors (Lipinski definition) is 7. The second-order valence-corrected chi connectivity index (χ2v) is 8.01. The molecule has 0 aliphatic carbocycles. The number of carbonyl (C=O) groups is 7. The number of halogens is 7. The van der Waals surface area contributed by atoms with Gasteiger partial charge in [0.25, 0.3) is 0 Å². The molecule has 0 aromatic rings. The highest BCUT2D eigenvalue weighted by atomic mass is 19.0. The Morgan fingerprint density at radius 2 is 0.306 bits per heavy atom. The van der Waals surface area contributed by atoms with Gasteiger partial charge in [-0.15, -0.1) is 0 Å². The number of rotatable bonds is 14. The normalized spacial score (nSPS) is 7.00. The maximum atomic E-state index is 9.60. The summed E-state index contributed by atoms with van der Waals surface area (Å²) in [5.74, 6) is -4.97. The van der Waals surface area contributed by atoms with E-state index in [0.717, 1.165) is 44.9 Å². The molecular weight excluding hydrogens is 693 g/mol. The predicted molar refractivity (Wildman–Crippen MR) is 175 cm³/mol. The van der Waals surface area contributed by atoms with Gasteiger partial charge in [0.05, 0.1) is 0 Å². The minimum Gasteiger partial charge on any atom is -0.481 e. The van der Waals surface area contributed by atoms with E-state index >= 15 is 0 Å². The molecule has 0 saturated heterocycles. The van der Waals surface area contributed by atoms with E-state index in [1.165, 1.54) is 0 Å². The van der Waals surface area contributed by atoms with Crippen molar-refractivity contribution >= 4 is 41.8 Å². The molecule has 0 heterocycles. The summed E-state index contributed by atoms with van der Waals surface area (Å²) in [4.78, 5) is 67.2. The molecule has 308 valence electrons. The van der Waals surface area contributed by atoms with Gasteiger partial charge in [0.2, 0.25) is 0 Å². The van der Waals surface area contributed by atoms with Gasteiger partial charge in [-0.3, -0.25) is 66.5 Å². The van der Waals surface area contributed by atoms with Gasteiger partial charge in [0.15, 0.2) is 0 Å². The van der Waals surface area contributed by atoms with Crippen molar-refractivity contribution in [1.82, 2.24) is 0 Å². The van der Waals surface area contributed by atoms with Crippen LogP contribution in [-0.2, 0) is 33.6 Å². The average Bonchev–Trinajstić information content (AvgIpc) is 2.81. The molecule has 0 aromatic carbocycles. The number of aliphatic carboxylic acids is 7. The van der Waals surface area contributed by atoms with Crippen molar-refractivity contribution in [3.05, 3.63) is 0 Å². The quantitative estimate of drug-likeness (QED) is 0.0867. The Balaban J connectivity index is -0.0000000237. The SMILES string of the molecule is CCCC(=O)O.CCCC(=O)O.CCCC(=O)O.CCCC(=O)O.CCCC(=O)O.CCCC(=O)O.CCCC(=O)O.F.F.F.F.F.F.F. The fraction of sp³-hybridized carbons (Fsp3) is 0.750. The number of carboxylic acids is 7. The minimum absolute atomic E-state index is 0. The zero-order chi connectivity index (χ0) is 34.9. The molecule has 14 nitrogen and oxygen atoms in total. The summed E-state index contributed by atoms with van der Waals surface area (Å²) in [5.41, 5.74) is 0. The Labute approximate surface area is 282 Å². The summed E-state index contributed by atoms with van der Waals surface area (Å²) in [6.07, 6.45) is 7.16. The highest BCUT2D eigenvalue weighted by Gasteiger charge is 1.90. The highest BCUT2D eigenvalue weighted by molar-refractivity contribution is 5.68. The predicted octanol–water partition coefficient (Wildman–Crippen LogP) is 7.17. The smallest absolute Gasteiger partial charge is 0.303 e. The Bertz CT molecular complexity index is 533. The highest BCUT2D eigenvalue weighted by Crippen LogP contribution is 1.85. The third-order valence-corrected chi connectivity index (χ3v) is 3.25. The molecule has 0 saturated carbocycles. The molecule has 0 rings (SSSR count). The summed E-state index contributed by atoms with van der Waals surface area (Å²) in [6, 6.07) is 0. The van der Waals surface area contributed by atoms with Gasteiger partial charge in [0, 0.05) is 44.9 Å². The molecule has 0 aliphatic rings. The molecule has 0 radical (unpaired) electrons. The molecule has 21 heteroatoms. The first-order chi connectivity index (χ1) is 19.4. The van der Waals surface area contributed by atoms with E-state index in [0.29, 0.717) is 44.9 Å². The van der Waals surface area contributed by atoms with Crippen molar-refractivity contribution in [3.8, 4) is 0 Å². The Morgan fingerprint density at radius 1 is 0.245 bits per heavy atom. The molecule has 0 fully saturated rings. The van der Waals surface area contributed by atoms with E-state index in [1.54, 1.807) is 0 Å². The van der Waals surface area contributed by atoms with Crippen molar-refractivity contribution in [1.29, 1.82) is 0 Å². The molecule has 0 bridgehead atoms. The van der Waals surface area contributed by atoms with Gasteiger partial charge in [-0.2, -0.15) is 0 Å². The number of carboxylic acid groups (broad SMARTS) is 7. The van der Waals surface area contributed by atoms with Gasteiger partial charge in [-0.25, -0.2) is 0 Å². The van der Waals surface area contributed by atoms with E-state index in [4.69, 9.17) is 35.7 Å². The molecule has 0 unspecified atom stereocenters. The molecular formula is C28H63F7O14. The van der Waals surface area contributed by atoms with Crippen LogP contribution in [0.25, 0.3) is 0 Å². The van der Waals surface area contributed by atoms with Gasteiger partial charge >= 0.3 is 41.8 Å². The monoisotopic (exact) mass is 756 g/mol. The van der Waals surface area contributed by atoms with Crippen LogP contribution in [0.1, 0.15) is 138 Å². The minimum atomic E-state index is -0.711. The van der Waals surface area contributed by atoms with Crippen molar-refractivity contribution < 1.29 is 102 Å². The van der Waals surface area contributed by atoms with Crippen molar-refractivity contribution in [2.75, 3.05) is 0 Å². The second kappa shape index (κ2) is 84.6. The standard InChI is InChI=1S/7C4H8O2.7FH/c7*1-2-3-4(5)6;;;;;;;/h7*2-3H2,1H3,(H,5,6);7*1H.